The number of hydrogen-bond acceptors (Lipinski definition) is 4. The first-order valence-electron chi connectivity index (χ1n) is 7.80. The predicted octanol–water partition coefficient (Wildman–Crippen LogP) is 1.46. The lowest BCUT2D eigenvalue weighted by Gasteiger charge is -2.16. The molecule has 0 unspecified atom stereocenters. The Hall–Kier alpha value is -2.90. The number of likely N-dealkylation sites (tertiary alicyclic amines) is 1. The number of anilines is 1. The third kappa shape index (κ3) is 4.56. The van der Waals surface area contributed by atoms with E-state index in [2.05, 4.69) is 10.6 Å². The lowest BCUT2D eigenvalue weighted by molar-refractivity contribution is -0.144. The highest BCUT2D eigenvalue weighted by molar-refractivity contribution is 6.35. The summed E-state index contributed by atoms with van der Waals surface area (Å²) < 4.78 is 13.3. The van der Waals surface area contributed by atoms with Gasteiger partial charge in [0.15, 0.2) is 0 Å². The molecule has 1 fully saturated rings. The van der Waals surface area contributed by atoms with Crippen LogP contribution in [0.2, 0.25) is 0 Å². The van der Waals surface area contributed by atoms with E-state index in [1.54, 1.807) is 6.92 Å². The topological polar surface area (TPSA) is 98.7 Å². The Kier molecular flexibility index (Phi) is 5.74. The molecule has 1 aromatic rings. The Labute approximate surface area is 144 Å². The zero-order chi connectivity index (χ0) is 18.6. The standard InChI is InChI=1S/C17H20FN3O4/c1-10-7-13(3-4-14(10)18)20-15(23)12-5-6-21(8-12)17(25)16(24)19-11(2)9-22/h3-4,7,9,12,22H,5-6,8H2,1-2H3,(H,19,24)(H,20,23)/b11-9+/t12-/m0/s1. The molecule has 8 heteroatoms. The SMILES string of the molecule is C/C(=C\O)NC(=O)C(=O)N1CC[C@H](C(=O)Nc2ccc(F)c(C)c2)C1. The van der Waals surface area contributed by atoms with Crippen LogP contribution in [0.15, 0.2) is 30.2 Å². The van der Waals surface area contributed by atoms with E-state index in [0.717, 1.165) is 0 Å². The van der Waals surface area contributed by atoms with Gasteiger partial charge in [-0.25, -0.2) is 4.39 Å². The van der Waals surface area contributed by atoms with Crippen molar-refractivity contribution in [1.82, 2.24) is 10.2 Å². The normalized spacial score (nSPS) is 17.3. The molecule has 0 spiro atoms. The Bertz CT molecular complexity index is 733. The van der Waals surface area contributed by atoms with Crippen molar-refractivity contribution in [3.8, 4) is 0 Å². The van der Waals surface area contributed by atoms with Gasteiger partial charge in [-0.3, -0.25) is 14.4 Å². The van der Waals surface area contributed by atoms with Crippen molar-refractivity contribution >= 4 is 23.4 Å². The number of aliphatic hydroxyl groups is 1. The minimum Gasteiger partial charge on any atom is -0.514 e. The number of carbonyl (C=O) groups is 3. The molecule has 3 amide bonds. The molecule has 1 aliphatic heterocycles. The highest BCUT2D eigenvalue weighted by Crippen LogP contribution is 2.20. The molecule has 0 saturated carbocycles. The summed E-state index contributed by atoms with van der Waals surface area (Å²) >= 11 is 0. The number of halogens is 1. The fourth-order valence-electron chi connectivity index (χ4n) is 2.53. The van der Waals surface area contributed by atoms with Crippen molar-refractivity contribution in [1.29, 1.82) is 0 Å². The van der Waals surface area contributed by atoms with Gasteiger partial charge in [0, 0.05) is 24.5 Å². The van der Waals surface area contributed by atoms with Gasteiger partial charge in [0.05, 0.1) is 12.2 Å². The second kappa shape index (κ2) is 7.78. The van der Waals surface area contributed by atoms with Gasteiger partial charge in [0.1, 0.15) is 5.82 Å². The van der Waals surface area contributed by atoms with Crippen LogP contribution in [0.25, 0.3) is 0 Å². The van der Waals surface area contributed by atoms with Gasteiger partial charge in [-0.2, -0.15) is 0 Å². The number of hydrogen-bond donors (Lipinski definition) is 3. The molecule has 0 bridgehead atoms. The largest absolute Gasteiger partial charge is 0.514 e. The molecule has 1 aliphatic rings. The lowest BCUT2D eigenvalue weighted by Crippen LogP contribution is -2.41. The van der Waals surface area contributed by atoms with Crippen LogP contribution in [0.4, 0.5) is 10.1 Å². The summed E-state index contributed by atoms with van der Waals surface area (Å²) in [6.45, 7) is 3.45. The van der Waals surface area contributed by atoms with Crippen LogP contribution in [-0.4, -0.2) is 40.8 Å². The Morgan fingerprint density at radius 3 is 2.72 bits per heavy atom. The summed E-state index contributed by atoms with van der Waals surface area (Å²) in [5.74, 6) is -2.70. The maximum atomic E-state index is 13.3. The smallest absolute Gasteiger partial charge is 0.313 e. The molecular formula is C17H20FN3O4. The summed E-state index contributed by atoms with van der Waals surface area (Å²) in [6, 6.07) is 4.27. The molecule has 1 heterocycles. The fourth-order valence-corrected chi connectivity index (χ4v) is 2.53. The maximum Gasteiger partial charge on any atom is 0.313 e. The number of rotatable bonds is 3. The molecule has 1 saturated heterocycles. The van der Waals surface area contributed by atoms with Gasteiger partial charge in [-0.15, -0.1) is 0 Å². The van der Waals surface area contributed by atoms with Crippen LogP contribution in [0.5, 0.6) is 0 Å². The third-order valence-corrected chi connectivity index (χ3v) is 3.97. The first-order valence-corrected chi connectivity index (χ1v) is 7.80. The summed E-state index contributed by atoms with van der Waals surface area (Å²) in [7, 11) is 0. The van der Waals surface area contributed by atoms with Gasteiger partial charge in [-0.1, -0.05) is 0 Å². The van der Waals surface area contributed by atoms with Gasteiger partial charge in [-0.05, 0) is 44.0 Å². The predicted molar refractivity (Wildman–Crippen MR) is 89.0 cm³/mol. The molecular weight excluding hydrogens is 329 g/mol. The number of aliphatic hydroxyl groups excluding tert-OH is 1. The summed E-state index contributed by atoms with van der Waals surface area (Å²) in [5, 5.41) is 13.7. The van der Waals surface area contributed by atoms with Gasteiger partial charge < -0.3 is 20.6 Å². The van der Waals surface area contributed by atoms with Crippen molar-refractivity contribution in [2.75, 3.05) is 18.4 Å². The summed E-state index contributed by atoms with van der Waals surface area (Å²) in [4.78, 5) is 37.4. The van der Waals surface area contributed by atoms with Crippen LogP contribution in [0.1, 0.15) is 18.9 Å². The average Bonchev–Trinajstić information content (AvgIpc) is 3.07. The molecule has 1 aromatic carbocycles. The first-order chi connectivity index (χ1) is 11.8. The van der Waals surface area contributed by atoms with Crippen molar-refractivity contribution in [2.45, 2.75) is 20.3 Å². The van der Waals surface area contributed by atoms with E-state index in [4.69, 9.17) is 5.11 Å². The molecule has 0 aromatic heterocycles. The molecule has 1 atom stereocenters. The third-order valence-electron chi connectivity index (χ3n) is 3.97. The molecule has 0 aliphatic carbocycles. The second-order valence-electron chi connectivity index (χ2n) is 5.96. The number of nitrogens with one attached hydrogen (secondary N) is 2. The van der Waals surface area contributed by atoms with Crippen LogP contribution in [0, 0.1) is 18.7 Å². The molecule has 3 N–H and O–H groups in total. The summed E-state index contributed by atoms with van der Waals surface area (Å²) in [5.41, 5.74) is 1.05. The second-order valence-corrected chi connectivity index (χ2v) is 5.96. The number of aryl methyl sites for hydroxylation is 1. The zero-order valence-corrected chi connectivity index (χ0v) is 14.0. The Morgan fingerprint density at radius 2 is 2.08 bits per heavy atom. The van der Waals surface area contributed by atoms with Crippen molar-refractivity contribution in [3.63, 3.8) is 0 Å². The van der Waals surface area contributed by atoms with E-state index < -0.39 is 17.7 Å². The number of allylic oxidation sites excluding steroid dienone is 1. The quantitative estimate of drug-likeness (QED) is 0.568. The van der Waals surface area contributed by atoms with E-state index in [9.17, 15) is 18.8 Å². The minimum atomic E-state index is -0.863. The van der Waals surface area contributed by atoms with E-state index in [1.165, 1.54) is 30.0 Å². The number of amides is 3. The van der Waals surface area contributed by atoms with Gasteiger partial charge in [0.2, 0.25) is 5.91 Å². The average molecular weight is 349 g/mol. The van der Waals surface area contributed by atoms with Crippen LogP contribution in [0.3, 0.4) is 0 Å². The van der Waals surface area contributed by atoms with Crippen LogP contribution < -0.4 is 10.6 Å². The highest BCUT2D eigenvalue weighted by Gasteiger charge is 2.33. The van der Waals surface area contributed by atoms with Crippen molar-refractivity contribution < 1.29 is 23.9 Å². The number of carbonyl (C=O) groups excluding carboxylic acids is 3. The molecule has 7 nitrogen and oxygen atoms in total. The van der Waals surface area contributed by atoms with E-state index in [1.807, 2.05) is 0 Å². The van der Waals surface area contributed by atoms with Crippen LogP contribution >= 0.6 is 0 Å². The Balaban J connectivity index is 1.93. The number of benzene rings is 1. The maximum absolute atomic E-state index is 13.3. The van der Waals surface area contributed by atoms with E-state index in [0.29, 0.717) is 23.9 Å². The van der Waals surface area contributed by atoms with Crippen LogP contribution in [-0.2, 0) is 14.4 Å². The number of nitrogens with zero attached hydrogens (tertiary/aromatic N) is 1. The molecule has 2 rings (SSSR count). The summed E-state index contributed by atoms with van der Waals surface area (Å²) in [6.07, 6.45) is 1.12. The fraction of sp³-hybridized carbons (Fsp3) is 0.353. The van der Waals surface area contributed by atoms with E-state index >= 15 is 0 Å². The van der Waals surface area contributed by atoms with Crippen molar-refractivity contribution in [3.05, 3.63) is 41.5 Å². The molecule has 0 radical (unpaired) electrons. The lowest BCUT2D eigenvalue weighted by atomic mass is 10.1. The first kappa shape index (κ1) is 18.4. The van der Waals surface area contributed by atoms with Gasteiger partial charge >= 0.3 is 11.8 Å². The molecule has 25 heavy (non-hydrogen) atoms. The Morgan fingerprint density at radius 1 is 1.36 bits per heavy atom. The monoisotopic (exact) mass is 349 g/mol. The van der Waals surface area contributed by atoms with Gasteiger partial charge in [0.25, 0.3) is 0 Å². The minimum absolute atomic E-state index is 0.125. The molecule has 134 valence electrons. The highest BCUT2D eigenvalue weighted by atomic mass is 19.1. The zero-order valence-electron chi connectivity index (χ0n) is 14.0. The van der Waals surface area contributed by atoms with Crippen molar-refractivity contribution in [2.24, 2.45) is 5.92 Å². The van der Waals surface area contributed by atoms with E-state index in [-0.39, 0.29) is 30.5 Å².